The molecule has 0 aromatic carbocycles. The Kier molecular flexibility index (Phi) is 4.32. The summed E-state index contributed by atoms with van der Waals surface area (Å²) in [5, 5.41) is 12.6. The first kappa shape index (κ1) is 10.9. The van der Waals surface area contributed by atoms with Crippen molar-refractivity contribution < 1.29 is 9.90 Å². The summed E-state index contributed by atoms with van der Waals surface area (Å²) in [7, 11) is 0. The second-order valence-electron chi connectivity index (χ2n) is 3.25. The molecule has 0 saturated carbocycles. The van der Waals surface area contributed by atoms with Gasteiger partial charge >= 0.3 is 0 Å². The van der Waals surface area contributed by atoms with Crippen LogP contribution in [0.2, 0.25) is 0 Å². The molecule has 0 atom stereocenters. The Balaban J connectivity index is 2.39. The van der Waals surface area contributed by atoms with Crippen LogP contribution in [-0.4, -0.2) is 27.3 Å². The SMILES string of the molecule is CCn1cc(CC(=O)CCCO)cn1. The summed E-state index contributed by atoms with van der Waals surface area (Å²) in [5.74, 6) is 0.162. The van der Waals surface area contributed by atoms with Crippen molar-refractivity contribution >= 4 is 5.78 Å². The fourth-order valence-corrected chi connectivity index (χ4v) is 1.26. The van der Waals surface area contributed by atoms with Crippen molar-refractivity contribution in [2.75, 3.05) is 6.61 Å². The summed E-state index contributed by atoms with van der Waals surface area (Å²) in [4.78, 5) is 11.3. The van der Waals surface area contributed by atoms with Gasteiger partial charge in [0.05, 0.1) is 6.20 Å². The van der Waals surface area contributed by atoms with E-state index in [1.165, 1.54) is 0 Å². The summed E-state index contributed by atoms with van der Waals surface area (Å²) < 4.78 is 1.80. The second kappa shape index (κ2) is 5.54. The quantitative estimate of drug-likeness (QED) is 0.731. The largest absolute Gasteiger partial charge is 0.396 e. The number of carbonyl (C=O) groups is 1. The number of aliphatic hydroxyl groups excluding tert-OH is 1. The lowest BCUT2D eigenvalue weighted by Crippen LogP contribution is -2.03. The van der Waals surface area contributed by atoms with Crippen LogP contribution in [0.4, 0.5) is 0 Å². The zero-order valence-electron chi connectivity index (χ0n) is 8.44. The van der Waals surface area contributed by atoms with Crippen LogP contribution in [0.15, 0.2) is 12.4 Å². The first-order chi connectivity index (χ1) is 6.76. The van der Waals surface area contributed by atoms with Crippen molar-refractivity contribution in [3.8, 4) is 0 Å². The Bertz CT molecular complexity index is 294. The van der Waals surface area contributed by atoms with Gasteiger partial charge < -0.3 is 5.11 Å². The van der Waals surface area contributed by atoms with Gasteiger partial charge in [0.15, 0.2) is 0 Å². The third kappa shape index (κ3) is 3.30. The van der Waals surface area contributed by atoms with Crippen LogP contribution in [0.5, 0.6) is 0 Å². The molecule has 0 bridgehead atoms. The number of rotatable bonds is 6. The van der Waals surface area contributed by atoms with E-state index in [9.17, 15) is 4.79 Å². The van der Waals surface area contributed by atoms with Gasteiger partial charge in [0.25, 0.3) is 0 Å². The summed E-state index contributed by atoms with van der Waals surface area (Å²) >= 11 is 0. The maximum absolute atomic E-state index is 11.3. The number of aromatic nitrogens is 2. The fraction of sp³-hybridized carbons (Fsp3) is 0.600. The Labute approximate surface area is 83.5 Å². The lowest BCUT2D eigenvalue weighted by Gasteiger charge is -1.96. The maximum atomic E-state index is 11.3. The molecule has 14 heavy (non-hydrogen) atoms. The van der Waals surface area contributed by atoms with Gasteiger partial charge in [0.1, 0.15) is 5.78 Å². The molecule has 0 aliphatic rings. The fourth-order valence-electron chi connectivity index (χ4n) is 1.26. The Morgan fingerprint density at radius 2 is 2.43 bits per heavy atom. The van der Waals surface area contributed by atoms with Crippen molar-refractivity contribution in [3.63, 3.8) is 0 Å². The third-order valence-corrected chi connectivity index (χ3v) is 2.03. The van der Waals surface area contributed by atoms with Crippen LogP contribution >= 0.6 is 0 Å². The molecule has 0 aliphatic heterocycles. The van der Waals surface area contributed by atoms with Crippen LogP contribution in [0.3, 0.4) is 0 Å². The Hall–Kier alpha value is -1.16. The molecule has 0 fully saturated rings. The molecule has 1 N–H and O–H groups in total. The number of nitrogens with zero attached hydrogens (tertiary/aromatic N) is 2. The van der Waals surface area contributed by atoms with Gasteiger partial charge in [-0.25, -0.2) is 0 Å². The third-order valence-electron chi connectivity index (χ3n) is 2.03. The lowest BCUT2D eigenvalue weighted by molar-refractivity contribution is -0.118. The minimum Gasteiger partial charge on any atom is -0.396 e. The smallest absolute Gasteiger partial charge is 0.137 e. The van der Waals surface area contributed by atoms with E-state index >= 15 is 0 Å². The van der Waals surface area contributed by atoms with E-state index in [4.69, 9.17) is 5.11 Å². The highest BCUT2D eigenvalue weighted by Crippen LogP contribution is 2.02. The average Bonchev–Trinajstić information content (AvgIpc) is 2.62. The number of aryl methyl sites for hydroxylation is 1. The summed E-state index contributed by atoms with van der Waals surface area (Å²) in [6.07, 6.45) is 5.05. The van der Waals surface area contributed by atoms with Crippen molar-refractivity contribution in [2.45, 2.75) is 32.7 Å². The molecule has 0 aliphatic carbocycles. The predicted octanol–water partition coefficient (Wildman–Crippen LogP) is 0.787. The van der Waals surface area contributed by atoms with E-state index in [-0.39, 0.29) is 12.4 Å². The number of aliphatic hydroxyl groups is 1. The van der Waals surface area contributed by atoms with E-state index < -0.39 is 0 Å². The molecular weight excluding hydrogens is 180 g/mol. The monoisotopic (exact) mass is 196 g/mol. The molecular formula is C10H16N2O2. The van der Waals surface area contributed by atoms with E-state index in [0.29, 0.717) is 19.3 Å². The number of ketones is 1. The first-order valence-corrected chi connectivity index (χ1v) is 4.90. The molecule has 0 unspecified atom stereocenters. The molecule has 0 radical (unpaired) electrons. The van der Waals surface area contributed by atoms with Gasteiger partial charge in [-0.05, 0) is 18.9 Å². The number of carbonyl (C=O) groups excluding carboxylic acids is 1. The van der Waals surface area contributed by atoms with Gasteiger partial charge in [-0.2, -0.15) is 5.10 Å². The number of hydrogen-bond acceptors (Lipinski definition) is 3. The zero-order valence-corrected chi connectivity index (χ0v) is 8.44. The van der Waals surface area contributed by atoms with Crippen LogP contribution in [-0.2, 0) is 17.8 Å². The molecule has 0 spiro atoms. The molecule has 78 valence electrons. The van der Waals surface area contributed by atoms with Crippen molar-refractivity contribution in [1.82, 2.24) is 9.78 Å². The number of hydrogen-bond donors (Lipinski definition) is 1. The molecule has 1 rings (SSSR count). The molecule has 4 nitrogen and oxygen atoms in total. The highest BCUT2D eigenvalue weighted by atomic mass is 16.3. The Morgan fingerprint density at radius 3 is 3.00 bits per heavy atom. The average molecular weight is 196 g/mol. The second-order valence-corrected chi connectivity index (χ2v) is 3.25. The molecule has 0 saturated heterocycles. The molecule has 1 aromatic rings. The van der Waals surface area contributed by atoms with Crippen LogP contribution in [0, 0.1) is 0 Å². The lowest BCUT2D eigenvalue weighted by atomic mass is 10.1. The van der Waals surface area contributed by atoms with Crippen molar-refractivity contribution in [1.29, 1.82) is 0 Å². The molecule has 1 heterocycles. The van der Waals surface area contributed by atoms with Crippen LogP contribution in [0.25, 0.3) is 0 Å². The standard InChI is InChI=1S/C10H16N2O2/c1-2-12-8-9(7-11-12)6-10(14)4-3-5-13/h7-8,13H,2-6H2,1H3. The zero-order chi connectivity index (χ0) is 10.4. The normalized spacial score (nSPS) is 10.4. The molecule has 0 amide bonds. The van der Waals surface area contributed by atoms with E-state index in [2.05, 4.69) is 5.10 Å². The Morgan fingerprint density at radius 1 is 1.64 bits per heavy atom. The van der Waals surface area contributed by atoms with Gasteiger partial charge in [-0.1, -0.05) is 0 Å². The van der Waals surface area contributed by atoms with Crippen molar-refractivity contribution in [3.05, 3.63) is 18.0 Å². The minimum absolute atomic E-state index is 0.0833. The van der Waals surface area contributed by atoms with E-state index in [0.717, 1.165) is 12.1 Å². The predicted molar refractivity (Wildman–Crippen MR) is 52.9 cm³/mol. The van der Waals surface area contributed by atoms with E-state index in [1.54, 1.807) is 10.9 Å². The van der Waals surface area contributed by atoms with Crippen LogP contribution in [0.1, 0.15) is 25.3 Å². The van der Waals surface area contributed by atoms with Gasteiger partial charge in [0.2, 0.25) is 0 Å². The summed E-state index contributed by atoms with van der Waals surface area (Å²) in [5.41, 5.74) is 0.954. The van der Waals surface area contributed by atoms with E-state index in [1.807, 2.05) is 13.1 Å². The summed E-state index contributed by atoms with van der Waals surface area (Å²) in [6.45, 7) is 2.91. The van der Waals surface area contributed by atoms with Crippen molar-refractivity contribution in [2.24, 2.45) is 0 Å². The molecule has 1 aromatic heterocycles. The van der Waals surface area contributed by atoms with Crippen LogP contribution < -0.4 is 0 Å². The first-order valence-electron chi connectivity index (χ1n) is 4.90. The highest BCUT2D eigenvalue weighted by Gasteiger charge is 2.04. The minimum atomic E-state index is 0.0833. The molecule has 4 heteroatoms. The maximum Gasteiger partial charge on any atom is 0.137 e. The van der Waals surface area contributed by atoms with Gasteiger partial charge in [-0.15, -0.1) is 0 Å². The summed E-state index contributed by atoms with van der Waals surface area (Å²) in [6, 6.07) is 0. The van der Waals surface area contributed by atoms with Gasteiger partial charge in [0, 0.05) is 32.2 Å². The van der Waals surface area contributed by atoms with Gasteiger partial charge in [-0.3, -0.25) is 9.48 Å². The number of Topliss-reactive ketones (excluding diaryl/α,β-unsaturated/α-hetero) is 1. The highest BCUT2D eigenvalue weighted by molar-refractivity contribution is 5.80. The topological polar surface area (TPSA) is 55.1 Å².